The lowest BCUT2D eigenvalue weighted by atomic mass is 9.78. The standard InChI is InChI=1S/C17H25NO2/c1-4-17(2)9-11-18(12-10-17)13-15(19)14-7-5-6-8-16(14)20-3/h5-8H,4,9-13H2,1-3H3. The van der Waals surface area contributed by atoms with Gasteiger partial charge in [0.05, 0.1) is 19.2 Å². The van der Waals surface area contributed by atoms with E-state index in [1.165, 1.54) is 19.3 Å². The second-order valence-corrected chi connectivity index (χ2v) is 6.06. The lowest BCUT2D eigenvalue weighted by molar-refractivity contribution is 0.0810. The van der Waals surface area contributed by atoms with E-state index in [0.29, 0.717) is 23.3 Å². The molecule has 3 heteroatoms. The Morgan fingerprint density at radius 2 is 1.95 bits per heavy atom. The third-order valence-corrected chi connectivity index (χ3v) is 4.69. The normalized spacial score (nSPS) is 18.8. The number of piperidine rings is 1. The van der Waals surface area contributed by atoms with Gasteiger partial charge in [0, 0.05) is 0 Å². The first-order valence-corrected chi connectivity index (χ1v) is 7.46. The number of hydrogen-bond acceptors (Lipinski definition) is 3. The summed E-state index contributed by atoms with van der Waals surface area (Å²) in [6.07, 6.45) is 3.59. The molecule has 0 aliphatic carbocycles. The summed E-state index contributed by atoms with van der Waals surface area (Å²) < 4.78 is 5.27. The van der Waals surface area contributed by atoms with Gasteiger partial charge in [-0.1, -0.05) is 32.4 Å². The number of rotatable bonds is 5. The molecule has 0 aromatic heterocycles. The lowest BCUT2D eigenvalue weighted by Crippen LogP contribution is -2.41. The Morgan fingerprint density at radius 1 is 1.30 bits per heavy atom. The summed E-state index contributed by atoms with van der Waals surface area (Å²) in [5, 5.41) is 0. The molecule has 0 spiro atoms. The van der Waals surface area contributed by atoms with E-state index >= 15 is 0 Å². The highest BCUT2D eigenvalue weighted by atomic mass is 16.5. The van der Waals surface area contributed by atoms with Crippen molar-refractivity contribution in [2.75, 3.05) is 26.7 Å². The Hall–Kier alpha value is -1.35. The summed E-state index contributed by atoms with van der Waals surface area (Å²) in [6, 6.07) is 7.47. The molecule has 0 amide bonds. The molecule has 0 N–H and O–H groups in total. The predicted octanol–water partition coefficient (Wildman–Crippen LogP) is 3.39. The molecule has 1 heterocycles. The number of ketones is 1. The smallest absolute Gasteiger partial charge is 0.180 e. The Kier molecular flexibility index (Phi) is 4.81. The summed E-state index contributed by atoms with van der Waals surface area (Å²) in [6.45, 7) is 7.15. The van der Waals surface area contributed by atoms with Gasteiger partial charge < -0.3 is 4.74 Å². The summed E-state index contributed by atoms with van der Waals surface area (Å²) in [5.74, 6) is 0.829. The van der Waals surface area contributed by atoms with E-state index in [4.69, 9.17) is 4.74 Å². The Labute approximate surface area is 121 Å². The number of benzene rings is 1. The van der Waals surface area contributed by atoms with Crippen molar-refractivity contribution in [2.45, 2.75) is 33.1 Å². The molecule has 1 saturated heterocycles. The molecule has 1 fully saturated rings. The van der Waals surface area contributed by atoms with Gasteiger partial charge in [-0.05, 0) is 43.5 Å². The van der Waals surface area contributed by atoms with Crippen LogP contribution in [0.5, 0.6) is 5.75 Å². The summed E-state index contributed by atoms with van der Waals surface area (Å²) >= 11 is 0. The molecule has 0 bridgehead atoms. The van der Waals surface area contributed by atoms with Crippen LogP contribution in [0, 0.1) is 5.41 Å². The number of likely N-dealkylation sites (tertiary alicyclic amines) is 1. The summed E-state index contributed by atoms with van der Waals surface area (Å²) in [4.78, 5) is 14.7. The van der Waals surface area contributed by atoms with Crippen LogP contribution in [-0.4, -0.2) is 37.4 Å². The van der Waals surface area contributed by atoms with Crippen LogP contribution >= 0.6 is 0 Å². The molecule has 0 atom stereocenters. The first-order valence-electron chi connectivity index (χ1n) is 7.46. The van der Waals surface area contributed by atoms with Crippen molar-refractivity contribution in [1.82, 2.24) is 4.90 Å². The highest BCUT2D eigenvalue weighted by molar-refractivity contribution is 6.00. The molecule has 110 valence electrons. The molecular formula is C17H25NO2. The Morgan fingerprint density at radius 3 is 2.55 bits per heavy atom. The van der Waals surface area contributed by atoms with Crippen molar-refractivity contribution >= 4 is 5.78 Å². The number of para-hydroxylation sites is 1. The number of methoxy groups -OCH3 is 1. The van der Waals surface area contributed by atoms with Crippen LogP contribution in [0.1, 0.15) is 43.5 Å². The number of nitrogens with zero attached hydrogens (tertiary/aromatic N) is 1. The van der Waals surface area contributed by atoms with Crippen LogP contribution in [0.2, 0.25) is 0 Å². The fraction of sp³-hybridized carbons (Fsp3) is 0.588. The van der Waals surface area contributed by atoms with Gasteiger partial charge in [0.25, 0.3) is 0 Å². The van der Waals surface area contributed by atoms with Gasteiger partial charge in [-0.3, -0.25) is 9.69 Å². The van der Waals surface area contributed by atoms with Gasteiger partial charge in [-0.15, -0.1) is 0 Å². The van der Waals surface area contributed by atoms with E-state index < -0.39 is 0 Å². The Bertz CT molecular complexity index is 462. The maximum atomic E-state index is 12.4. The summed E-state index contributed by atoms with van der Waals surface area (Å²) in [5.41, 5.74) is 1.16. The maximum absolute atomic E-state index is 12.4. The van der Waals surface area contributed by atoms with Crippen LogP contribution in [-0.2, 0) is 0 Å². The molecule has 0 radical (unpaired) electrons. The van der Waals surface area contributed by atoms with Gasteiger partial charge in [0.2, 0.25) is 0 Å². The summed E-state index contributed by atoms with van der Waals surface area (Å²) in [7, 11) is 1.61. The maximum Gasteiger partial charge on any atom is 0.180 e. The van der Waals surface area contributed by atoms with Gasteiger partial charge in [0.1, 0.15) is 5.75 Å². The average molecular weight is 275 g/mol. The number of hydrogen-bond donors (Lipinski definition) is 0. The monoisotopic (exact) mass is 275 g/mol. The van der Waals surface area contributed by atoms with E-state index in [9.17, 15) is 4.79 Å². The SMILES string of the molecule is CCC1(C)CCN(CC(=O)c2ccccc2OC)CC1. The van der Waals surface area contributed by atoms with E-state index in [2.05, 4.69) is 18.7 Å². The first-order chi connectivity index (χ1) is 9.58. The molecular weight excluding hydrogens is 250 g/mol. The number of ether oxygens (including phenoxy) is 1. The van der Waals surface area contributed by atoms with E-state index in [-0.39, 0.29) is 5.78 Å². The Balaban J connectivity index is 1.96. The molecule has 3 nitrogen and oxygen atoms in total. The average Bonchev–Trinajstić information content (AvgIpc) is 2.49. The second kappa shape index (κ2) is 6.40. The number of carbonyl (C=O) groups excluding carboxylic acids is 1. The number of carbonyl (C=O) groups is 1. The van der Waals surface area contributed by atoms with Crippen LogP contribution in [0.3, 0.4) is 0 Å². The van der Waals surface area contributed by atoms with Gasteiger partial charge >= 0.3 is 0 Å². The minimum absolute atomic E-state index is 0.155. The van der Waals surface area contributed by atoms with Crippen LogP contribution < -0.4 is 4.74 Å². The van der Waals surface area contributed by atoms with Gasteiger partial charge in [0.15, 0.2) is 5.78 Å². The minimum atomic E-state index is 0.155. The van der Waals surface area contributed by atoms with Crippen molar-refractivity contribution in [3.8, 4) is 5.75 Å². The molecule has 1 aliphatic heterocycles. The van der Waals surface area contributed by atoms with Crippen molar-refractivity contribution in [3.05, 3.63) is 29.8 Å². The largest absolute Gasteiger partial charge is 0.496 e. The molecule has 1 aromatic carbocycles. The molecule has 2 rings (SSSR count). The van der Waals surface area contributed by atoms with E-state index in [0.717, 1.165) is 13.1 Å². The van der Waals surface area contributed by atoms with Crippen LogP contribution in [0.15, 0.2) is 24.3 Å². The number of Topliss-reactive ketones (excluding diaryl/α,β-unsaturated/α-hetero) is 1. The quantitative estimate of drug-likeness (QED) is 0.771. The van der Waals surface area contributed by atoms with Crippen LogP contribution in [0.4, 0.5) is 0 Å². The molecule has 1 aliphatic rings. The molecule has 1 aromatic rings. The lowest BCUT2D eigenvalue weighted by Gasteiger charge is -2.38. The third-order valence-electron chi connectivity index (χ3n) is 4.69. The van der Waals surface area contributed by atoms with E-state index in [1.54, 1.807) is 7.11 Å². The van der Waals surface area contributed by atoms with Gasteiger partial charge in [-0.2, -0.15) is 0 Å². The predicted molar refractivity (Wildman–Crippen MR) is 81.4 cm³/mol. The van der Waals surface area contributed by atoms with Crippen molar-refractivity contribution in [2.24, 2.45) is 5.41 Å². The van der Waals surface area contributed by atoms with Gasteiger partial charge in [-0.25, -0.2) is 0 Å². The first kappa shape index (κ1) is 15.0. The molecule has 0 saturated carbocycles. The van der Waals surface area contributed by atoms with Crippen molar-refractivity contribution < 1.29 is 9.53 Å². The third kappa shape index (κ3) is 3.40. The molecule has 20 heavy (non-hydrogen) atoms. The topological polar surface area (TPSA) is 29.5 Å². The zero-order valence-corrected chi connectivity index (χ0v) is 12.8. The zero-order chi connectivity index (χ0) is 14.6. The van der Waals surface area contributed by atoms with Crippen molar-refractivity contribution in [3.63, 3.8) is 0 Å². The zero-order valence-electron chi connectivity index (χ0n) is 12.8. The highest BCUT2D eigenvalue weighted by Crippen LogP contribution is 2.34. The van der Waals surface area contributed by atoms with Crippen molar-refractivity contribution in [1.29, 1.82) is 0 Å². The second-order valence-electron chi connectivity index (χ2n) is 6.06. The highest BCUT2D eigenvalue weighted by Gasteiger charge is 2.29. The van der Waals surface area contributed by atoms with Crippen LogP contribution in [0.25, 0.3) is 0 Å². The molecule has 0 unspecified atom stereocenters. The fourth-order valence-corrected chi connectivity index (χ4v) is 2.77. The minimum Gasteiger partial charge on any atom is -0.496 e. The fourth-order valence-electron chi connectivity index (χ4n) is 2.77. The van der Waals surface area contributed by atoms with E-state index in [1.807, 2.05) is 24.3 Å².